The fraction of sp³-hybridized carbons (Fsp3) is 0.0909. The SMILES string of the molecule is Cc1cc(-n2c(=O)[nH]c(Cl)c(F)c2=O)ccc1F. The Bertz CT molecular complexity index is 737. The van der Waals surface area contributed by atoms with Gasteiger partial charge in [-0.3, -0.25) is 9.78 Å². The van der Waals surface area contributed by atoms with Gasteiger partial charge in [0.15, 0.2) is 5.15 Å². The van der Waals surface area contributed by atoms with Crippen LogP contribution in [0.5, 0.6) is 0 Å². The van der Waals surface area contributed by atoms with Crippen molar-refractivity contribution in [1.29, 1.82) is 0 Å². The average molecular weight is 273 g/mol. The van der Waals surface area contributed by atoms with Crippen LogP contribution < -0.4 is 11.2 Å². The minimum absolute atomic E-state index is 0.0655. The summed E-state index contributed by atoms with van der Waals surface area (Å²) in [5, 5.41) is -0.653. The molecule has 18 heavy (non-hydrogen) atoms. The zero-order valence-corrected chi connectivity index (χ0v) is 9.89. The van der Waals surface area contributed by atoms with E-state index >= 15 is 0 Å². The Morgan fingerprint density at radius 1 is 1.28 bits per heavy atom. The smallest absolute Gasteiger partial charge is 0.295 e. The van der Waals surface area contributed by atoms with E-state index in [9.17, 15) is 18.4 Å². The summed E-state index contributed by atoms with van der Waals surface area (Å²) in [5.74, 6) is -1.75. The van der Waals surface area contributed by atoms with E-state index in [0.717, 1.165) is 6.07 Å². The van der Waals surface area contributed by atoms with Gasteiger partial charge in [-0.15, -0.1) is 0 Å². The van der Waals surface area contributed by atoms with Crippen LogP contribution in [0.3, 0.4) is 0 Å². The largest absolute Gasteiger partial charge is 0.334 e. The molecule has 0 aliphatic rings. The minimum Gasteiger partial charge on any atom is -0.295 e. The van der Waals surface area contributed by atoms with Crippen LogP contribution in [0.15, 0.2) is 27.8 Å². The molecule has 0 atom stereocenters. The Morgan fingerprint density at radius 2 is 1.94 bits per heavy atom. The molecule has 0 saturated heterocycles. The molecule has 0 unspecified atom stereocenters. The van der Waals surface area contributed by atoms with Crippen molar-refractivity contribution in [1.82, 2.24) is 9.55 Å². The highest BCUT2D eigenvalue weighted by atomic mass is 35.5. The van der Waals surface area contributed by atoms with E-state index < -0.39 is 28.0 Å². The molecule has 2 aromatic rings. The lowest BCUT2D eigenvalue weighted by molar-refractivity contribution is 0.583. The highest BCUT2D eigenvalue weighted by molar-refractivity contribution is 6.29. The molecule has 7 heteroatoms. The van der Waals surface area contributed by atoms with Crippen molar-refractivity contribution < 1.29 is 8.78 Å². The number of benzene rings is 1. The molecule has 1 aromatic carbocycles. The van der Waals surface area contributed by atoms with Gasteiger partial charge in [0.1, 0.15) is 5.82 Å². The van der Waals surface area contributed by atoms with Crippen molar-refractivity contribution in [2.45, 2.75) is 6.92 Å². The molecule has 1 N–H and O–H groups in total. The van der Waals surface area contributed by atoms with Crippen molar-refractivity contribution in [2.75, 3.05) is 0 Å². The molecule has 1 heterocycles. The maximum atomic E-state index is 13.3. The third-order valence-corrected chi connectivity index (χ3v) is 2.66. The van der Waals surface area contributed by atoms with Gasteiger partial charge in [0.05, 0.1) is 5.69 Å². The van der Waals surface area contributed by atoms with Gasteiger partial charge in [-0.25, -0.2) is 13.8 Å². The normalized spacial score (nSPS) is 10.7. The topological polar surface area (TPSA) is 54.9 Å². The molecule has 1 aromatic heterocycles. The molecule has 0 aliphatic carbocycles. The molecular formula is C11H7ClF2N2O2. The van der Waals surface area contributed by atoms with Crippen LogP contribution in [0, 0.1) is 18.6 Å². The van der Waals surface area contributed by atoms with Crippen molar-refractivity contribution in [3.8, 4) is 5.69 Å². The fourth-order valence-corrected chi connectivity index (χ4v) is 1.65. The lowest BCUT2D eigenvalue weighted by Gasteiger charge is -2.06. The van der Waals surface area contributed by atoms with Crippen LogP contribution >= 0.6 is 11.6 Å². The van der Waals surface area contributed by atoms with E-state index in [4.69, 9.17) is 11.6 Å². The molecule has 0 spiro atoms. The summed E-state index contributed by atoms with van der Waals surface area (Å²) < 4.78 is 27.0. The Morgan fingerprint density at radius 3 is 2.56 bits per heavy atom. The van der Waals surface area contributed by atoms with E-state index in [0.29, 0.717) is 4.57 Å². The fourth-order valence-electron chi connectivity index (χ4n) is 1.49. The second-order valence-corrected chi connectivity index (χ2v) is 4.01. The highest BCUT2D eigenvalue weighted by Gasteiger charge is 2.14. The van der Waals surface area contributed by atoms with Gasteiger partial charge < -0.3 is 0 Å². The summed E-state index contributed by atoms with van der Waals surface area (Å²) in [6.07, 6.45) is 0. The van der Waals surface area contributed by atoms with Crippen LogP contribution in [0.2, 0.25) is 5.15 Å². The van der Waals surface area contributed by atoms with Gasteiger partial charge in [-0.1, -0.05) is 11.6 Å². The molecule has 2 rings (SSSR count). The molecule has 4 nitrogen and oxygen atoms in total. The minimum atomic E-state index is -1.27. The number of aryl methyl sites for hydroxylation is 1. The van der Waals surface area contributed by atoms with Gasteiger partial charge in [0.25, 0.3) is 5.56 Å². The predicted octanol–water partition coefficient (Wildman–Crippen LogP) is 1.77. The monoisotopic (exact) mass is 272 g/mol. The second-order valence-electron chi connectivity index (χ2n) is 3.63. The lowest BCUT2D eigenvalue weighted by Crippen LogP contribution is -2.35. The van der Waals surface area contributed by atoms with Gasteiger partial charge in [-0.05, 0) is 30.7 Å². The Labute approximate surface area is 104 Å². The third kappa shape index (κ3) is 1.95. The van der Waals surface area contributed by atoms with Crippen LogP contribution in [0.4, 0.5) is 8.78 Å². The molecule has 0 fully saturated rings. The summed E-state index contributed by atoms with van der Waals surface area (Å²) in [5.41, 5.74) is -1.78. The maximum Gasteiger partial charge on any atom is 0.334 e. The van der Waals surface area contributed by atoms with Crippen LogP contribution in [0.25, 0.3) is 5.69 Å². The molecule has 94 valence electrons. The summed E-state index contributed by atoms with van der Waals surface area (Å²) >= 11 is 5.33. The summed E-state index contributed by atoms with van der Waals surface area (Å²) in [7, 11) is 0. The molecule has 0 aliphatic heterocycles. The number of rotatable bonds is 1. The summed E-state index contributed by atoms with van der Waals surface area (Å²) in [6, 6.07) is 3.55. The predicted molar refractivity (Wildman–Crippen MR) is 62.3 cm³/mol. The first-order chi connectivity index (χ1) is 8.41. The standard InChI is InChI=1S/C11H7ClF2N2O2/c1-5-4-6(2-3-7(5)13)16-10(17)8(14)9(12)15-11(16)18/h2-4H,1H3,(H,15,18). The molecular weight excluding hydrogens is 266 g/mol. The maximum absolute atomic E-state index is 13.3. The van der Waals surface area contributed by atoms with E-state index in [2.05, 4.69) is 0 Å². The van der Waals surface area contributed by atoms with E-state index in [1.807, 2.05) is 4.98 Å². The first kappa shape index (κ1) is 12.5. The number of hydrogen-bond donors (Lipinski definition) is 1. The van der Waals surface area contributed by atoms with E-state index in [1.165, 1.54) is 19.1 Å². The van der Waals surface area contributed by atoms with Crippen molar-refractivity contribution in [2.24, 2.45) is 0 Å². The van der Waals surface area contributed by atoms with E-state index in [-0.39, 0.29) is 11.3 Å². The van der Waals surface area contributed by atoms with Crippen LogP contribution in [-0.2, 0) is 0 Å². The highest BCUT2D eigenvalue weighted by Crippen LogP contribution is 2.11. The number of nitrogens with zero attached hydrogens (tertiary/aromatic N) is 1. The van der Waals surface area contributed by atoms with E-state index in [1.54, 1.807) is 0 Å². The Hall–Kier alpha value is -1.95. The number of nitrogens with one attached hydrogen (secondary N) is 1. The number of aromatic amines is 1. The number of aromatic nitrogens is 2. The average Bonchev–Trinajstić information content (AvgIpc) is 2.31. The van der Waals surface area contributed by atoms with Gasteiger partial charge >= 0.3 is 5.69 Å². The van der Waals surface area contributed by atoms with Gasteiger partial charge in [0, 0.05) is 0 Å². The van der Waals surface area contributed by atoms with Crippen LogP contribution in [0.1, 0.15) is 5.56 Å². The summed E-state index contributed by atoms with van der Waals surface area (Å²) in [6.45, 7) is 1.46. The Kier molecular flexibility index (Phi) is 3.04. The van der Waals surface area contributed by atoms with Crippen molar-refractivity contribution in [3.63, 3.8) is 0 Å². The number of H-pyrrole nitrogens is 1. The number of hydrogen-bond acceptors (Lipinski definition) is 2. The molecule has 0 bridgehead atoms. The lowest BCUT2D eigenvalue weighted by atomic mass is 10.2. The zero-order valence-electron chi connectivity index (χ0n) is 9.13. The molecule has 0 saturated carbocycles. The second kappa shape index (κ2) is 4.38. The van der Waals surface area contributed by atoms with Crippen molar-refractivity contribution >= 4 is 11.6 Å². The first-order valence-electron chi connectivity index (χ1n) is 4.88. The zero-order chi connectivity index (χ0) is 13.4. The first-order valence-corrected chi connectivity index (χ1v) is 5.26. The molecule has 0 amide bonds. The van der Waals surface area contributed by atoms with Gasteiger partial charge in [0.2, 0.25) is 5.82 Å². The quantitative estimate of drug-likeness (QED) is 0.805. The van der Waals surface area contributed by atoms with Crippen LogP contribution in [-0.4, -0.2) is 9.55 Å². The third-order valence-electron chi connectivity index (χ3n) is 2.40. The Balaban J connectivity index is 2.80. The van der Waals surface area contributed by atoms with Gasteiger partial charge in [-0.2, -0.15) is 4.39 Å². The summed E-state index contributed by atoms with van der Waals surface area (Å²) in [4.78, 5) is 25.2. The van der Waals surface area contributed by atoms with Crippen molar-refractivity contribution in [3.05, 3.63) is 61.4 Å². The molecule has 0 radical (unpaired) electrons. The number of halogens is 3.